The summed E-state index contributed by atoms with van der Waals surface area (Å²) in [6.07, 6.45) is 0. The van der Waals surface area contributed by atoms with Crippen molar-refractivity contribution in [3.8, 4) is 5.75 Å². The number of ether oxygens (including phenoxy) is 2. The third-order valence-electron chi connectivity index (χ3n) is 3.20. The third kappa shape index (κ3) is 7.31. The molecule has 5 nitrogen and oxygen atoms in total. The van der Waals surface area contributed by atoms with E-state index in [0.29, 0.717) is 12.4 Å². The van der Waals surface area contributed by atoms with Crippen molar-refractivity contribution in [2.45, 2.75) is 13.5 Å². The molecule has 0 aliphatic carbocycles. The maximum absolute atomic E-state index is 11.2. The molecule has 0 amide bonds. The van der Waals surface area contributed by atoms with Crippen LogP contribution in [0.15, 0.2) is 24.3 Å². The topological polar surface area (TPSA) is 50.8 Å². The van der Waals surface area contributed by atoms with Crippen molar-refractivity contribution in [1.29, 1.82) is 0 Å². The number of carbonyl (C=O) groups is 1. The van der Waals surface area contributed by atoms with Gasteiger partial charge in [-0.05, 0) is 24.6 Å². The SMILES string of the molecule is CCOC(=O)COc1ccc(CN2CCNCC2)cc1.Cl.Cl. The van der Waals surface area contributed by atoms with E-state index in [4.69, 9.17) is 9.47 Å². The van der Waals surface area contributed by atoms with E-state index in [1.165, 1.54) is 5.56 Å². The van der Waals surface area contributed by atoms with Gasteiger partial charge in [-0.3, -0.25) is 4.90 Å². The molecule has 1 aliphatic heterocycles. The minimum atomic E-state index is -0.336. The fourth-order valence-corrected chi connectivity index (χ4v) is 2.16. The predicted octanol–water partition coefficient (Wildman–Crippen LogP) is 1.88. The Kier molecular flexibility index (Phi) is 11.0. The van der Waals surface area contributed by atoms with E-state index >= 15 is 0 Å². The molecule has 1 aromatic carbocycles. The highest BCUT2D eigenvalue weighted by Crippen LogP contribution is 2.14. The van der Waals surface area contributed by atoms with Crippen molar-refractivity contribution in [2.75, 3.05) is 39.4 Å². The van der Waals surface area contributed by atoms with Crippen molar-refractivity contribution in [3.05, 3.63) is 29.8 Å². The van der Waals surface area contributed by atoms with Crippen molar-refractivity contribution in [1.82, 2.24) is 10.2 Å². The standard InChI is InChI=1S/C15H22N2O3.2ClH/c1-2-19-15(18)12-20-14-5-3-13(4-6-14)11-17-9-7-16-8-10-17;;/h3-6,16H,2,7-12H2,1H3;2*1H. The highest BCUT2D eigenvalue weighted by atomic mass is 35.5. The van der Waals surface area contributed by atoms with Crippen LogP contribution in [0.1, 0.15) is 12.5 Å². The lowest BCUT2D eigenvalue weighted by Gasteiger charge is -2.27. The fraction of sp³-hybridized carbons (Fsp3) is 0.533. The van der Waals surface area contributed by atoms with Gasteiger partial charge in [0.05, 0.1) is 6.61 Å². The van der Waals surface area contributed by atoms with Gasteiger partial charge in [-0.15, -0.1) is 24.8 Å². The van der Waals surface area contributed by atoms with Crippen molar-refractivity contribution < 1.29 is 14.3 Å². The number of halogens is 2. The Hall–Kier alpha value is -1.01. The molecule has 7 heteroatoms. The number of rotatable bonds is 6. The smallest absolute Gasteiger partial charge is 0.344 e. The minimum Gasteiger partial charge on any atom is -0.482 e. The second-order valence-corrected chi connectivity index (χ2v) is 4.76. The largest absolute Gasteiger partial charge is 0.482 e. The van der Waals surface area contributed by atoms with Crippen LogP contribution in [0.4, 0.5) is 0 Å². The van der Waals surface area contributed by atoms with Gasteiger partial charge in [0.15, 0.2) is 6.61 Å². The highest BCUT2D eigenvalue weighted by Gasteiger charge is 2.10. The molecule has 0 aromatic heterocycles. The molecule has 0 unspecified atom stereocenters. The van der Waals surface area contributed by atoms with E-state index < -0.39 is 0 Å². The molecule has 0 spiro atoms. The van der Waals surface area contributed by atoms with Crippen LogP contribution in [0.3, 0.4) is 0 Å². The Labute approximate surface area is 144 Å². The molecule has 126 valence electrons. The van der Waals surface area contributed by atoms with E-state index in [2.05, 4.69) is 10.2 Å². The number of carbonyl (C=O) groups excluding carboxylic acids is 1. The summed E-state index contributed by atoms with van der Waals surface area (Å²) in [5, 5.41) is 3.34. The van der Waals surface area contributed by atoms with Crippen LogP contribution in [0, 0.1) is 0 Å². The molecular formula is C15H24Cl2N2O3. The Morgan fingerprint density at radius 1 is 1.18 bits per heavy atom. The first kappa shape index (κ1) is 21.0. The molecule has 1 aromatic rings. The quantitative estimate of drug-likeness (QED) is 0.793. The number of esters is 1. The molecule has 1 saturated heterocycles. The summed E-state index contributed by atoms with van der Waals surface area (Å²) in [5.41, 5.74) is 1.26. The number of benzene rings is 1. The average Bonchev–Trinajstić information content (AvgIpc) is 2.48. The Morgan fingerprint density at radius 3 is 2.41 bits per heavy atom. The van der Waals surface area contributed by atoms with Crippen LogP contribution in [-0.4, -0.2) is 50.3 Å². The van der Waals surface area contributed by atoms with Crippen LogP contribution < -0.4 is 10.1 Å². The summed E-state index contributed by atoms with van der Waals surface area (Å²) in [7, 11) is 0. The zero-order chi connectivity index (χ0) is 14.2. The molecule has 0 atom stereocenters. The number of piperazine rings is 1. The lowest BCUT2D eigenvalue weighted by molar-refractivity contribution is -0.145. The first-order valence-electron chi connectivity index (χ1n) is 7.08. The summed E-state index contributed by atoms with van der Waals surface area (Å²) in [4.78, 5) is 13.6. The van der Waals surface area contributed by atoms with Crippen LogP contribution in [0.5, 0.6) is 5.75 Å². The van der Waals surface area contributed by atoms with Crippen LogP contribution in [-0.2, 0) is 16.1 Å². The summed E-state index contributed by atoms with van der Waals surface area (Å²) >= 11 is 0. The van der Waals surface area contributed by atoms with E-state index in [-0.39, 0.29) is 37.4 Å². The highest BCUT2D eigenvalue weighted by molar-refractivity contribution is 5.85. The van der Waals surface area contributed by atoms with E-state index in [1.807, 2.05) is 24.3 Å². The number of hydrogen-bond donors (Lipinski definition) is 1. The normalized spacial score (nSPS) is 14.4. The van der Waals surface area contributed by atoms with Crippen molar-refractivity contribution >= 4 is 30.8 Å². The number of hydrogen-bond acceptors (Lipinski definition) is 5. The van der Waals surface area contributed by atoms with Gasteiger partial charge < -0.3 is 14.8 Å². The molecule has 1 fully saturated rings. The molecule has 0 radical (unpaired) electrons. The third-order valence-corrected chi connectivity index (χ3v) is 3.20. The Morgan fingerprint density at radius 2 is 1.82 bits per heavy atom. The number of nitrogens with zero attached hydrogens (tertiary/aromatic N) is 1. The molecule has 1 N–H and O–H groups in total. The zero-order valence-electron chi connectivity index (χ0n) is 12.7. The summed E-state index contributed by atoms with van der Waals surface area (Å²) in [6, 6.07) is 7.89. The monoisotopic (exact) mass is 350 g/mol. The molecular weight excluding hydrogens is 327 g/mol. The fourth-order valence-electron chi connectivity index (χ4n) is 2.16. The van der Waals surface area contributed by atoms with Gasteiger partial charge in [0.1, 0.15) is 5.75 Å². The summed E-state index contributed by atoms with van der Waals surface area (Å²) in [5.74, 6) is 0.361. The van der Waals surface area contributed by atoms with Crippen molar-refractivity contribution in [3.63, 3.8) is 0 Å². The molecule has 0 saturated carbocycles. The molecule has 0 bridgehead atoms. The van der Waals surface area contributed by atoms with Crippen molar-refractivity contribution in [2.24, 2.45) is 0 Å². The lowest BCUT2D eigenvalue weighted by Crippen LogP contribution is -2.42. The maximum atomic E-state index is 11.2. The van der Waals surface area contributed by atoms with E-state index in [1.54, 1.807) is 6.92 Å². The summed E-state index contributed by atoms with van der Waals surface area (Å²) in [6.45, 7) is 7.36. The molecule has 2 rings (SSSR count). The van der Waals surface area contributed by atoms with E-state index in [9.17, 15) is 4.79 Å². The second kappa shape index (κ2) is 11.5. The van der Waals surface area contributed by atoms with Crippen LogP contribution in [0.2, 0.25) is 0 Å². The molecule has 1 aliphatic rings. The van der Waals surface area contributed by atoms with Crippen LogP contribution >= 0.6 is 24.8 Å². The number of nitrogens with one attached hydrogen (secondary N) is 1. The second-order valence-electron chi connectivity index (χ2n) is 4.76. The van der Waals surface area contributed by atoms with Gasteiger partial charge in [-0.25, -0.2) is 4.79 Å². The zero-order valence-corrected chi connectivity index (χ0v) is 14.4. The maximum Gasteiger partial charge on any atom is 0.344 e. The average molecular weight is 351 g/mol. The predicted molar refractivity (Wildman–Crippen MR) is 91.2 cm³/mol. The van der Waals surface area contributed by atoms with Gasteiger partial charge in [0, 0.05) is 32.7 Å². The van der Waals surface area contributed by atoms with Gasteiger partial charge in [-0.2, -0.15) is 0 Å². The first-order chi connectivity index (χ1) is 9.78. The minimum absolute atomic E-state index is 0. The van der Waals surface area contributed by atoms with E-state index in [0.717, 1.165) is 32.7 Å². The van der Waals surface area contributed by atoms with Gasteiger partial charge >= 0.3 is 5.97 Å². The first-order valence-corrected chi connectivity index (χ1v) is 7.08. The Bertz CT molecular complexity index is 423. The molecule has 22 heavy (non-hydrogen) atoms. The van der Waals surface area contributed by atoms with Gasteiger partial charge in [0.25, 0.3) is 0 Å². The van der Waals surface area contributed by atoms with Gasteiger partial charge in [0.2, 0.25) is 0 Å². The lowest BCUT2D eigenvalue weighted by atomic mass is 10.2. The van der Waals surface area contributed by atoms with Crippen LogP contribution in [0.25, 0.3) is 0 Å². The Balaban J connectivity index is 0.00000220. The van der Waals surface area contributed by atoms with Gasteiger partial charge in [-0.1, -0.05) is 12.1 Å². The summed E-state index contributed by atoms with van der Waals surface area (Å²) < 4.78 is 10.2. The molecule has 1 heterocycles.